The number of carbonyl (C=O) groups excluding carboxylic acids is 3. The summed E-state index contributed by atoms with van der Waals surface area (Å²) >= 11 is 0. The van der Waals surface area contributed by atoms with E-state index in [0.29, 0.717) is 19.3 Å². The Kier molecular flexibility index (Phi) is 45.0. The summed E-state index contributed by atoms with van der Waals surface area (Å²) in [6, 6.07) is 0. The van der Waals surface area contributed by atoms with Crippen molar-refractivity contribution in [2.45, 2.75) is 232 Å². The molecule has 0 fully saturated rings. The summed E-state index contributed by atoms with van der Waals surface area (Å²) in [5.41, 5.74) is 0. The van der Waals surface area contributed by atoms with Crippen LogP contribution in [0.5, 0.6) is 0 Å². The van der Waals surface area contributed by atoms with Crippen molar-refractivity contribution in [2.75, 3.05) is 13.2 Å². The zero-order valence-electron chi connectivity index (χ0n) is 38.5. The molecule has 0 rings (SSSR count). The number of ether oxygens (including phenoxy) is 3. The third-order valence-electron chi connectivity index (χ3n) is 10.2. The fraction of sp³-hybridized carbons (Fsp3) is 0.717. The van der Waals surface area contributed by atoms with Crippen LogP contribution in [0.1, 0.15) is 226 Å². The molecule has 0 aliphatic heterocycles. The maximum atomic E-state index is 12.7. The van der Waals surface area contributed by atoms with Crippen molar-refractivity contribution in [3.63, 3.8) is 0 Å². The Bertz CT molecular complexity index is 1130. The molecule has 0 saturated heterocycles. The highest BCUT2D eigenvalue weighted by Gasteiger charge is 2.19. The number of hydrogen-bond acceptors (Lipinski definition) is 6. The Hall–Kier alpha value is -3.15. The molecule has 0 saturated carbocycles. The van der Waals surface area contributed by atoms with Crippen LogP contribution in [0, 0.1) is 0 Å². The highest BCUT2D eigenvalue weighted by molar-refractivity contribution is 5.71. The lowest BCUT2D eigenvalue weighted by Crippen LogP contribution is -2.30. The molecule has 0 amide bonds. The van der Waals surface area contributed by atoms with E-state index in [4.69, 9.17) is 14.2 Å². The molecule has 6 nitrogen and oxygen atoms in total. The summed E-state index contributed by atoms with van der Waals surface area (Å²) in [7, 11) is 0. The van der Waals surface area contributed by atoms with Gasteiger partial charge in [-0.3, -0.25) is 14.4 Å². The first kappa shape index (κ1) is 55.9. The summed E-state index contributed by atoms with van der Waals surface area (Å²) in [4.78, 5) is 37.8. The van der Waals surface area contributed by atoms with E-state index in [1.807, 2.05) is 0 Å². The summed E-state index contributed by atoms with van der Waals surface area (Å²) in [5, 5.41) is 0. The van der Waals surface area contributed by atoms with E-state index in [2.05, 4.69) is 93.7 Å². The monoisotopic (exact) mass is 823 g/mol. The molecule has 0 heterocycles. The minimum absolute atomic E-state index is 0.0884. The van der Waals surface area contributed by atoms with Gasteiger partial charge in [-0.2, -0.15) is 0 Å². The lowest BCUT2D eigenvalue weighted by molar-refractivity contribution is -0.167. The molecule has 0 unspecified atom stereocenters. The van der Waals surface area contributed by atoms with E-state index < -0.39 is 6.10 Å². The van der Waals surface area contributed by atoms with E-state index in [1.54, 1.807) is 0 Å². The lowest BCUT2D eigenvalue weighted by Gasteiger charge is -2.18. The Labute approximate surface area is 363 Å². The van der Waals surface area contributed by atoms with Gasteiger partial charge in [0.2, 0.25) is 0 Å². The predicted molar refractivity (Wildman–Crippen MR) is 251 cm³/mol. The van der Waals surface area contributed by atoms with Gasteiger partial charge in [0.1, 0.15) is 13.2 Å². The van der Waals surface area contributed by atoms with Crippen LogP contribution in [-0.2, 0) is 28.6 Å². The summed E-state index contributed by atoms with van der Waals surface area (Å²) in [5.74, 6) is -0.934. The van der Waals surface area contributed by atoms with Gasteiger partial charge in [0, 0.05) is 19.3 Å². The SMILES string of the molecule is CC/C=C\C/C=C\C/C=C\C/C=C\C/C=C\CCCCCC(=O)OC[C@H](COC(=O)CCCCCCCCCCCCC)OC(=O)CCCCCCC/C=C\CCCC. The van der Waals surface area contributed by atoms with E-state index >= 15 is 0 Å². The van der Waals surface area contributed by atoms with Crippen LogP contribution >= 0.6 is 0 Å². The van der Waals surface area contributed by atoms with E-state index in [0.717, 1.165) is 109 Å². The quantitative estimate of drug-likeness (QED) is 0.0264. The highest BCUT2D eigenvalue weighted by atomic mass is 16.6. The Morgan fingerprint density at radius 2 is 0.678 bits per heavy atom. The molecule has 0 N–H and O–H groups in total. The van der Waals surface area contributed by atoms with Crippen molar-refractivity contribution in [3.8, 4) is 0 Å². The Morgan fingerprint density at radius 3 is 1.12 bits per heavy atom. The average molecular weight is 823 g/mol. The summed E-state index contributed by atoms with van der Waals surface area (Å²) < 4.78 is 16.7. The minimum atomic E-state index is -0.789. The van der Waals surface area contributed by atoms with Gasteiger partial charge >= 0.3 is 17.9 Å². The normalized spacial score (nSPS) is 12.7. The molecule has 0 bridgehead atoms. The number of unbranched alkanes of at least 4 members (excludes halogenated alkanes) is 20. The van der Waals surface area contributed by atoms with Gasteiger partial charge in [0.15, 0.2) is 6.10 Å². The standard InChI is InChI=1S/C53H90O6/c1-4-7-10-13-16-19-22-23-24-25-26-27-28-29-32-34-37-40-43-46-52(55)58-49-50(59-53(56)47-44-41-38-35-31-21-18-15-12-9-6-3)48-57-51(54)45-42-39-36-33-30-20-17-14-11-8-5-2/h7,10,15-16,18-19,23-24,26-27,29,32,50H,4-6,8-9,11-14,17,20-22,25,28,30-31,33-49H2,1-3H3/b10-7-,18-15-,19-16-,24-23-,27-26-,32-29-/t50-/m0/s1. The molecule has 0 radical (unpaired) electrons. The number of carbonyl (C=O) groups is 3. The van der Waals surface area contributed by atoms with Crippen LogP contribution in [0.2, 0.25) is 0 Å². The maximum Gasteiger partial charge on any atom is 0.306 e. The number of esters is 3. The molecule has 0 aromatic carbocycles. The molecular weight excluding hydrogens is 733 g/mol. The van der Waals surface area contributed by atoms with Crippen molar-refractivity contribution in [2.24, 2.45) is 0 Å². The molecule has 0 aromatic heterocycles. The zero-order valence-corrected chi connectivity index (χ0v) is 38.5. The molecule has 338 valence electrons. The Morgan fingerprint density at radius 1 is 0.356 bits per heavy atom. The minimum Gasteiger partial charge on any atom is -0.462 e. The van der Waals surface area contributed by atoms with Crippen LogP contribution in [0.3, 0.4) is 0 Å². The van der Waals surface area contributed by atoms with Gasteiger partial charge in [-0.05, 0) is 83.5 Å². The third kappa shape index (κ3) is 45.8. The van der Waals surface area contributed by atoms with Crippen molar-refractivity contribution < 1.29 is 28.6 Å². The van der Waals surface area contributed by atoms with Gasteiger partial charge < -0.3 is 14.2 Å². The van der Waals surface area contributed by atoms with E-state index in [-0.39, 0.29) is 31.1 Å². The van der Waals surface area contributed by atoms with Gasteiger partial charge in [-0.1, -0.05) is 196 Å². The van der Waals surface area contributed by atoms with Crippen molar-refractivity contribution >= 4 is 17.9 Å². The van der Waals surface area contributed by atoms with Crippen LogP contribution in [0.15, 0.2) is 72.9 Å². The maximum absolute atomic E-state index is 12.7. The first-order valence-electron chi connectivity index (χ1n) is 24.4. The first-order valence-corrected chi connectivity index (χ1v) is 24.4. The van der Waals surface area contributed by atoms with Gasteiger partial charge in [-0.25, -0.2) is 0 Å². The lowest BCUT2D eigenvalue weighted by atomic mass is 10.1. The average Bonchev–Trinajstić information content (AvgIpc) is 3.23. The number of allylic oxidation sites excluding steroid dienone is 12. The highest BCUT2D eigenvalue weighted by Crippen LogP contribution is 2.14. The second kappa shape index (κ2) is 47.5. The molecule has 0 aliphatic rings. The fourth-order valence-corrected chi connectivity index (χ4v) is 6.51. The first-order chi connectivity index (χ1) is 29.0. The molecule has 0 aromatic rings. The predicted octanol–water partition coefficient (Wildman–Crippen LogP) is 15.9. The summed E-state index contributed by atoms with van der Waals surface area (Å²) in [6.07, 6.45) is 58.8. The van der Waals surface area contributed by atoms with Crippen LogP contribution in [-0.4, -0.2) is 37.2 Å². The second-order valence-corrected chi connectivity index (χ2v) is 16.0. The molecule has 1 atom stereocenters. The van der Waals surface area contributed by atoms with Crippen molar-refractivity contribution in [1.29, 1.82) is 0 Å². The van der Waals surface area contributed by atoms with E-state index in [1.165, 1.54) is 77.0 Å². The molecular formula is C53H90O6. The Balaban J connectivity index is 4.41. The topological polar surface area (TPSA) is 78.9 Å². The number of rotatable bonds is 43. The van der Waals surface area contributed by atoms with Gasteiger partial charge in [-0.15, -0.1) is 0 Å². The van der Waals surface area contributed by atoms with Crippen LogP contribution < -0.4 is 0 Å². The zero-order chi connectivity index (χ0) is 43.0. The van der Waals surface area contributed by atoms with Crippen molar-refractivity contribution in [1.82, 2.24) is 0 Å². The van der Waals surface area contributed by atoms with Crippen molar-refractivity contribution in [3.05, 3.63) is 72.9 Å². The summed E-state index contributed by atoms with van der Waals surface area (Å²) in [6.45, 7) is 6.43. The smallest absolute Gasteiger partial charge is 0.306 e. The van der Waals surface area contributed by atoms with Gasteiger partial charge in [0.05, 0.1) is 0 Å². The fourth-order valence-electron chi connectivity index (χ4n) is 6.51. The van der Waals surface area contributed by atoms with Crippen LogP contribution in [0.25, 0.3) is 0 Å². The molecule has 59 heavy (non-hydrogen) atoms. The third-order valence-corrected chi connectivity index (χ3v) is 10.2. The van der Waals surface area contributed by atoms with Gasteiger partial charge in [0.25, 0.3) is 0 Å². The molecule has 0 aliphatic carbocycles. The molecule has 6 heteroatoms. The molecule has 0 spiro atoms. The largest absolute Gasteiger partial charge is 0.462 e. The van der Waals surface area contributed by atoms with E-state index in [9.17, 15) is 14.4 Å². The van der Waals surface area contributed by atoms with Crippen LogP contribution in [0.4, 0.5) is 0 Å². The number of hydrogen-bond donors (Lipinski definition) is 0. The second-order valence-electron chi connectivity index (χ2n) is 16.0.